The Morgan fingerprint density at radius 3 is 2.52 bits per heavy atom. The molecule has 1 saturated carbocycles. The standard InChI is InChI=1S/C22H31N3O5S/c1-24-19-12-11-18(14-20(19)30-22(24)27)31(28,29)25-13-7-8-16(15-25)21(26)23-17-9-5-3-2-4-6-10-17/h11-12,14,16-17H,2-10,13,15H2,1H3,(H,23,26)/t16-/m1/s1. The van der Waals surface area contributed by atoms with Crippen molar-refractivity contribution in [2.45, 2.75) is 68.7 Å². The van der Waals surface area contributed by atoms with E-state index in [9.17, 15) is 18.0 Å². The van der Waals surface area contributed by atoms with Gasteiger partial charge in [-0.05, 0) is 37.8 Å². The Balaban J connectivity index is 1.46. The molecule has 170 valence electrons. The average molecular weight is 450 g/mol. The first kappa shape index (κ1) is 22.1. The minimum atomic E-state index is -3.79. The van der Waals surface area contributed by atoms with Gasteiger partial charge in [0.1, 0.15) is 0 Å². The molecule has 2 heterocycles. The van der Waals surface area contributed by atoms with E-state index in [0.717, 1.165) is 25.7 Å². The number of hydrogen-bond donors (Lipinski definition) is 1. The second-order valence-corrected chi connectivity index (χ2v) is 10.7. The Labute approximate surface area is 182 Å². The number of piperidine rings is 1. The van der Waals surface area contributed by atoms with E-state index in [-0.39, 0.29) is 34.9 Å². The predicted octanol–water partition coefficient (Wildman–Crippen LogP) is 2.76. The smallest absolute Gasteiger partial charge is 0.408 e. The SMILES string of the molecule is Cn1c(=O)oc2cc(S(=O)(=O)N3CCC[C@@H](C(=O)NC4CCCCCCC4)C3)ccc21. The van der Waals surface area contributed by atoms with Crippen LogP contribution in [0.5, 0.6) is 0 Å². The number of nitrogens with zero attached hydrogens (tertiary/aromatic N) is 2. The second kappa shape index (κ2) is 9.16. The number of aryl methyl sites for hydroxylation is 1. The molecule has 1 N–H and O–H groups in total. The third kappa shape index (κ3) is 4.72. The molecule has 9 heteroatoms. The Kier molecular flexibility index (Phi) is 6.52. The molecule has 1 aliphatic heterocycles. The van der Waals surface area contributed by atoms with Gasteiger partial charge in [-0.15, -0.1) is 0 Å². The Hall–Kier alpha value is -2.13. The zero-order valence-electron chi connectivity index (χ0n) is 18.0. The number of hydrogen-bond acceptors (Lipinski definition) is 5. The molecule has 0 bridgehead atoms. The van der Waals surface area contributed by atoms with Gasteiger partial charge in [0.05, 0.1) is 16.3 Å². The van der Waals surface area contributed by atoms with Crippen molar-refractivity contribution in [1.82, 2.24) is 14.2 Å². The molecule has 1 amide bonds. The van der Waals surface area contributed by atoms with Crippen LogP contribution in [-0.4, -0.2) is 42.3 Å². The van der Waals surface area contributed by atoms with Gasteiger partial charge in [-0.25, -0.2) is 13.2 Å². The lowest BCUT2D eigenvalue weighted by Gasteiger charge is -2.32. The van der Waals surface area contributed by atoms with Crippen molar-refractivity contribution in [3.8, 4) is 0 Å². The third-order valence-electron chi connectivity index (χ3n) is 6.61. The lowest BCUT2D eigenvalue weighted by molar-refractivity contribution is -0.126. The molecule has 0 radical (unpaired) electrons. The van der Waals surface area contributed by atoms with Crippen LogP contribution in [0, 0.1) is 5.92 Å². The van der Waals surface area contributed by atoms with E-state index in [0.29, 0.717) is 24.9 Å². The van der Waals surface area contributed by atoms with Crippen molar-refractivity contribution in [2.75, 3.05) is 13.1 Å². The van der Waals surface area contributed by atoms with Crippen LogP contribution in [-0.2, 0) is 21.9 Å². The zero-order valence-corrected chi connectivity index (χ0v) is 18.8. The number of oxazole rings is 1. The van der Waals surface area contributed by atoms with Crippen LogP contribution in [0.3, 0.4) is 0 Å². The summed E-state index contributed by atoms with van der Waals surface area (Å²) in [4.78, 5) is 24.7. The fraction of sp³-hybridized carbons (Fsp3) is 0.636. The van der Waals surface area contributed by atoms with Crippen LogP contribution in [0.2, 0.25) is 0 Å². The summed E-state index contributed by atoms with van der Waals surface area (Å²) in [6.45, 7) is 0.560. The van der Waals surface area contributed by atoms with Crippen LogP contribution in [0.25, 0.3) is 11.1 Å². The molecular formula is C22H31N3O5S. The molecule has 1 aliphatic carbocycles. The highest BCUT2D eigenvalue weighted by atomic mass is 32.2. The van der Waals surface area contributed by atoms with Crippen molar-refractivity contribution in [2.24, 2.45) is 13.0 Å². The van der Waals surface area contributed by atoms with Crippen molar-refractivity contribution in [3.63, 3.8) is 0 Å². The minimum absolute atomic E-state index is 0.0324. The van der Waals surface area contributed by atoms with Gasteiger partial charge in [-0.3, -0.25) is 9.36 Å². The van der Waals surface area contributed by atoms with Gasteiger partial charge < -0.3 is 9.73 Å². The van der Waals surface area contributed by atoms with Gasteiger partial charge in [0.2, 0.25) is 15.9 Å². The summed E-state index contributed by atoms with van der Waals surface area (Å²) in [6.07, 6.45) is 9.31. The average Bonchev–Trinajstić information content (AvgIpc) is 3.03. The summed E-state index contributed by atoms with van der Waals surface area (Å²) in [7, 11) is -2.21. The molecular weight excluding hydrogens is 418 g/mol. The minimum Gasteiger partial charge on any atom is -0.408 e. The van der Waals surface area contributed by atoms with E-state index in [4.69, 9.17) is 4.42 Å². The van der Waals surface area contributed by atoms with Gasteiger partial charge in [0.15, 0.2) is 5.58 Å². The quantitative estimate of drug-likeness (QED) is 0.773. The molecule has 1 atom stereocenters. The molecule has 2 aromatic rings. The summed E-state index contributed by atoms with van der Waals surface area (Å²) in [5, 5.41) is 3.19. The number of carbonyl (C=O) groups is 1. The number of benzene rings is 1. The summed E-state index contributed by atoms with van der Waals surface area (Å²) in [6, 6.07) is 4.66. The van der Waals surface area contributed by atoms with E-state index < -0.39 is 15.8 Å². The van der Waals surface area contributed by atoms with Crippen molar-refractivity contribution in [1.29, 1.82) is 0 Å². The molecule has 1 aromatic carbocycles. The number of nitrogens with one attached hydrogen (secondary N) is 1. The fourth-order valence-electron chi connectivity index (χ4n) is 4.72. The molecule has 0 spiro atoms. The van der Waals surface area contributed by atoms with Crippen molar-refractivity contribution in [3.05, 3.63) is 28.7 Å². The highest BCUT2D eigenvalue weighted by molar-refractivity contribution is 7.89. The van der Waals surface area contributed by atoms with Crippen LogP contribution in [0.15, 0.2) is 32.3 Å². The van der Waals surface area contributed by atoms with Crippen molar-refractivity contribution < 1.29 is 17.6 Å². The number of rotatable bonds is 4. The summed E-state index contributed by atoms with van der Waals surface area (Å²) in [5.74, 6) is -0.907. The first-order chi connectivity index (χ1) is 14.9. The summed E-state index contributed by atoms with van der Waals surface area (Å²) < 4.78 is 34.3. The Bertz CT molecular complexity index is 1100. The van der Waals surface area contributed by atoms with E-state index in [1.54, 1.807) is 13.1 Å². The second-order valence-electron chi connectivity index (χ2n) is 8.81. The van der Waals surface area contributed by atoms with Crippen LogP contribution in [0.1, 0.15) is 57.8 Å². The molecule has 4 rings (SSSR count). The van der Waals surface area contributed by atoms with E-state index in [1.165, 1.54) is 40.3 Å². The van der Waals surface area contributed by atoms with E-state index in [2.05, 4.69) is 5.32 Å². The topological polar surface area (TPSA) is 102 Å². The third-order valence-corrected chi connectivity index (χ3v) is 8.47. The highest BCUT2D eigenvalue weighted by Gasteiger charge is 2.34. The van der Waals surface area contributed by atoms with E-state index in [1.807, 2.05) is 0 Å². The molecule has 31 heavy (non-hydrogen) atoms. The van der Waals surface area contributed by atoms with Gasteiger partial charge in [0.25, 0.3) is 0 Å². The first-order valence-corrected chi connectivity index (χ1v) is 12.7. The van der Waals surface area contributed by atoms with Crippen molar-refractivity contribution >= 4 is 27.0 Å². The van der Waals surface area contributed by atoms with Gasteiger partial charge in [-0.1, -0.05) is 32.1 Å². The molecule has 2 fully saturated rings. The Morgan fingerprint density at radius 1 is 1.06 bits per heavy atom. The van der Waals surface area contributed by atoms with Gasteiger partial charge >= 0.3 is 5.76 Å². The summed E-state index contributed by atoms with van der Waals surface area (Å²) >= 11 is 0. The molecule has 8 nitrogen and oxygen atoms in total. The van der Waals surface area contributed by atoms with Crippen LogP contribution in [0.4, 0.5) is 0 Å². The molecule has 1 aromatic heterocycles. The Morgan fingerprint density at radius 2 is 1.77 bits per heavy atom. The number of aromatic nitrogens is 1. The maximum absolute atomic E-state index is 13.2. The fourth-order valence-corrected chi connectivity index (χ4v) is 6.26. The number of sulfonamides is 1. The predicted molar refractivity (Wildman–Crippen MR) is 117 cm³/mol. The maximum atomic E-state index is 13.2. The number of amides is 1. The maximum Gasteiger partial charge on any atom is 0.419 e. The largest absolute Gasteiger partial charge is 0.419 e. The van der Waals surface area contributed by atoms with Crippen LogP contribution >= 0.6 is 0 Å². The van der Waals surface area contributed by atoms with Gasteiger partial charge in [0, 0.05) is 32.2 Å². The molecule has 0 unspecified atom stereocenters. The number of carbonyl (C=O) groups excluding carboxylic acids is 1. The molecule has 1 saturated heterocycles. The monoisotopic (exact) mass is 449 g/mol. The molecule has 2 aliphatic rings. The lowest BCUT2D eigenvalue weighted by atomic mass is 9.94. The number of fused-ring (bicyclic) bond motifs is 1. The van der Waals surface area contributed by atoms with E-state index >= 15 is 0 Å². The van der Waals surface area contributed by atoms with Crippen LogP contribution < -0.4 is 11.1 Å². The first-order valence-electron chi connectivity index (χ1n) is 11.3. The summed E-state index contributed by atoms with van der Waals surface area (Å²) in [5.41, 5.74) is 0.781. The zero-order chi connectivity index (χ0) is 22.0. The van der Waals surface area contributed by atoms with Gasteiger partial charge in [-0.2, -0.15) is 4.31 Å². The normalized spacial score (nSPS) is 22.2. The highest BCUT2D eigenvalue weighted by Crippen LogP contribution is 2.26. The lowest BCUT2D eigenvalue weighted by Crippen LogP contribution is -2.47.